The summed E-state index contributed by atoms with van der Waals surface area (Å²) in [6.45, 7) is 0.157. The fraction of sp³-hybridized carbons (Fsp3) is 0.150. The third-order valence-electron chi connectivity index (χ3n) is 4.66. The Kier molecular flexibility index (Phi) is 5.25. The summed E-state index contributed by atoms with van der Waals surface area (Å²) in [7, 11) is -3.79. The fourth-order valence-electron chi connectivity index (χ4n) is 3.29. The molecule has 1 aliphatic heterocycles. The maximum absolute atomic E-state index is 13.2. The van der Waals surface area contributed by atoms with Crippen molar-refractivity contribution in [3.8, 4) is 0 Å². The quantitative estimate of drug-likeness (QED) is 0.673. The van der Waals surface area contributed by atoms with Gasteiger partial charge >= 0.3 is 0 Å². The molecule has 2 aromatic carbocycles. The summed E-state index contributed by atoms with van der Waals surface area (Å²) >= 11 is 7.14. The number of sulfonamides is 1. The Hall–Kier alpha value is -2.19. The number of hydrogen-bond acceptors (Lipinski definition) is 4. The Balaban J connectivity index is 1.70. The lowest BCUT2D eigenvalue weighted by Crippen LogP contribution is -2.50. The third kappa shape index (κ3) is 3.71. The Bertz CT molecular complexity index is 1110. The minimum absolute atomic E-state index is 0.157. The number of nitrogens with one attached hydrogen (secondary N) is 1. The number of halogens is 1. The first-order valence-corrected chi connectivity index (χ1v) is 11.3. The van der Waals surface area contributed by atoms with Crippen molar-refractivity contribution in [2.45, 2.75) is 23.2 Å². The highest BCUT2D eigenvalue weighted by Crippen LogP contribution is 2.31. The number of rotatable bonds is 4. The average Bonchev–Trinajstić information content (AvgIpc) is 3.22. The second kappa shape index (κ2) is 7.67. The molecule has 1 atom stereocenters. The highest BCUT2D eigenvalue weighted by molar-refractivity contribution is 7.91. The Labute approximate surface area is 172 Å². The summed E-state index contributed by atoms with van der Waals surface area (Å²) in [5.41, 5.74) is 2.42. The van der Waals surface area contributed by atoms with Crippen LogP contribution in [0.1, 0.15) is 11.1 Å². The summed E-state index contributed by atoms with van der Waals surface area (Å²) in [6, 6.07) is 16.8. The number of amides is 1. The maximum Gasteiger partial charge on any atom is 0.253 e. The number of nitrogens with zero attached hydrogens (tertiary/aromatic N) is 1. The van der Waals surface area contributed by atoms with Crippen molar-refractivity contribution in [3.05, 3.63) is 82.2 Å². The number of anilines is 1. The van der Waals surface area contributed by atoms with E-state index in [9.17, 15) is 13.2 Å². The predicted octanol–water partition coefficient (Wildman–Crippen LogP) is 4.16. The smallest absolute Gasteiger partial charge is 0.253 e. The second-order valence-corrected chi connectivity index (χ2v) is 9.97. The van der Waals surface area contributed by atoms with Crippen LogP contribution >= 0.6 is 22.9 Å². The van der Waals surface area contributed by atoms with Crippen LogP contribution in [0.25, 0.3) is 0 Å². The zero-order chi connectivity index (χ0) is 19.7. The minimum Gasteiger partial charge on any atom is -0.325 e. The van der Waals surface area contributed by atoms with Crippen molar-refractivity contribution in [3.63, 3.8) is 0 Å². The number of carbonyl (C=O) groups excluding carboxylic acids is 1. The van der Waals surface area contributed by atoms with E-state index in [1.165, 1.54) is 4.31 Å². The average molecular weight is 433 g/mol. The van der Waals surface area contributed by atoms with E-state index in [-0.39, 0.29) is 16.7 Å². The molecule has 0 saturated heterocycles. The molecule has 1 N–H and O–H groups in total. The molecule has 0 bridgehead atoms. The van der Waals surface area contributed by atoms with E-state index in [1.54, 1.807) is 41.8 Å². The monoisotopic (exact) mass is 432 g/mol. The van der Waals surface area contributed by atoms with Crippen molar-refractivity contribution in [2.75, 3.05) is 5.32 Å². The normalized spacial score (nSPS) is 17.1. The standard InChI is InChI=1S/C20H17ClN2O3S2/c21-16-7-3-8-17(12-16)22-20(24)18-11-14-5-1-2-6-15(14)13-23(18)28(25,26)19-9-4-10-27-19/h1-10,12,18H,11,13H2,(H,22,24). The zero-order valence-electron chi connectivity index (χ0n) is 14.7. The molecule has 144 valence electrons. The summed E-state index contributed by atoms with van der Waals surface area (Å²) in [5.74, 6) is -0.378. The van der Waals surface area contributed by atoms with E-state index in [0.717, 1.165) is 22.5 Å². The fourth-order valence-corrected chi connectivity index (χ4v) is 6.17. The third-order valence-corrected chi connectivity index (χ3v) is 8.12. The van der Waals surface area contributed by atoms with E-state index in [1.807, 2.05) is 24.3 Å². The number of benzene rings is 2. The molecule has 1 aliphatic rings. The molecule has 4 rings (SSSR count). The van der Waals surface area contributed by atoms with E-state index in [2.05, 4.69) is 5.32 Å². The number of thiophene rings is 1. The van der Waals surface area contributed by atoms with Crippen LogP contribution in [0.15, 0.2) is 70.3 Å². The first kappa shape index (κ1) is 19.1. The van der Waals surface area contributed by atoms with Crippen molar-refractivity contribution >= 4 is 44.6 Å². The molecule has 8 heteroatoms. The molecule has 1 unspecified atom stereocenters. The van der Waals surface area contributed by atoms with Gasteiger partial charge < -0.3 is 5.32 Å². The molecule has 0 spiro atoms. The van der Waals surface area contributed by atoms with Crippen LogP contribution in [0.5, 0.6) is 0 Å². The van der Waals surface area contributed by atoms with Crippen molar-refractivity contribution in [1.82, 2.24) is 4.31 Å². The van der Waals surface area contributed by atoms with Crippen molar-refractivity contribution in [1.29, 1.82) is 0 Å². The molecule has 0 radical (unpaired) electrons. The lowest BCUT2D eigenvalue weighted by molar-refractivity contribution is -0.120. The van der Waals surface area contributed by atoms with Crippen LogP contribution in [0, 0.1) is 0 Å². The highest BCUT2D eigenvalue weighted by Gasteiger charge is 2.40. The number of fused-ring (bicyclic) bond motifs is 1. The van der Waals surface area contributed by atoms with Gasteiger partial charge in [-0.15, -0.1) is 11.3 Å². The predicted molar refractivity (Wildman–Crippen MR) is 111 cm³/mol. The molecule has 3 aromatic rings. The lowest BCUT2D eigenvalue weighted by Gasteiger charge is -2.34. The van der Waals surface area contributed by atoms with Gasteiger partial charge in [-0.2, -0.15) is 4.31 Å². The Morgan fingerprint density at radius 2 is 1.86 bits per heavy atom. The molecule has 0 aliphatic carbocycles. The second-order valence-electron chi connectivity index (χ2n) is 6.47. The Morgan fingerprint density at radius 1 is 1.07 bits per heavy atom. The van der Waals surface area contributed by atoms with Gasteiger partial charge in [-0.1, -0.05) is 48.0 Å². The number of carbonyl (C=O) groups is 1. The van der Waals surface area contributed by atoms with Gasteiger partial charge in [0.25, 0.3) is 10.0 Å². The number of hydrogen-bond donors (Lipinski definition) is 1. The molecular formula is C20H17ClN2O3S2. The van der Waals surface area contributed by atoms with Crippen LogP contribution < -0.4 is 5.32 Å². The summed E-state index contributed by atoms with van der Waals surface area (Å²) < 4.78 is 28.0. The summed E-state index contributed by atoms with van der Waals surface area (Å²) in [6.07, 6.45) is 0.313. The molecule has 1 amide bonds. The van der Waals surface area contributed by atoms with E-state index >= 15 is 0 Å². The molecule has 0 saturated carbocycles. The first-order chi connectivity index (χ1) is 13.4. The molecule has 28 heavy (non-hydrogen) atoms. The molecule has 1 aromatic heterocycles. The molecule has 0 fully saturated rings. The maximum atomic E-state index is 13.2. The van der Waals surface area contributed by atoms with Gasteiger partial charge in [0, 0.05) is 17.3 Å². The molecular weight excluding hydrogens is 416 g/mol. The minimum atomic E-state index is -3.79. The topological polar surface area (TPSA) is 66.5 Å². The van der Waals surface area contributed by atoms with Crippen molar-refractivity contribution in [2.24, 2.45) is 0 Å². The van der Waals surface area contributed by atoms with Gasteiger partial charge in [0.1, 0.15) is 10.3 Å². The lowest BCUT2D eigenvalue weighted by atomic mass is 9.95. The van der Waals surface area contributed by atoms with E-state index < -0.39 is 16.1 Å². The summed E-state index contributed by atoms with van der Waals surface area (Å²) in [5, 5.41) is 5.01. The summed E-state index contributed by atoms with van der Waals surface area (Å²) in [4.78, 5) is 13.1. The molecule has 5 nitrogen and oxygen atoms in total. The van der Waals surface area contributed by atoms with Crippen LogP contribution in [-0.4, -0.2) is 24.7 Å². The van der Waals surface area contributed by atoms with E-state index in [4.69, 9.17) is 11.6 Å². The Morgan fingerprint density at radius 3 is 2.57 bits per heavy atom. The van der Waals surface area contributed by atoms with Crippen LogP contribution in [0.4, 0.5) is 5.69 Å². The highest BCUT2D eigenvalue weighted by atomic mass is 35.5. The molecule has 2 heterocycles. The zero-order valence-corrected chi connectivity index (χ0v) is 17.1. The van der Waals surface area contributed by atoms with Gasteiger partial charge in [-0.05, 0) is 47.2 Å². The van der Waals surface area contributed by atoms with Gasteiger partial charge in [0.2, 0.25) is 5.91 Å². The van der Waals surface area contributed by atoms with Gasteiger partial charge in [-0.25, -0.2) is 8.42 Å². The van der Waals surface area contributed by atoms with Gasteiger partial charge in [0.15, 0.2) is 0 Å². The van der Waals surface area contributed by atoms with Crippen LogP contribution in [0.3, 0.4) is 0 Å². The largest absolute Gasteiger partial charge is 0.325 e. The van der Waals surface area contributed by atoms with Gasteiger partial charge in [-0.3, -0.25) is 4.79 Å². The SMILES string of the molecule is O=C(Nc1cccc(Cl)c1)C1Cc2ccccc2CN1S(=O)(=O)c1cccs1. The first-order valence-electron chi connectivity index (χ1n) is 8.64. The van der Waals surface area contributed by atoms with Crippen molar-refractivity contribution < 1.29 is 13.2 Å². The van der Waals surface area contributed by atoms with Crippen LogP contribution in [0.2, 0.25) is 5.02 Å². The van der Waals surface area contributed by atoms with E-state index in [0.29, 0.717) is 17.1 Å². The van der Waals surface area contributed by atoms with Gasteiger partial charge in [0.05, 0.1) is 0 Å². The van der Waals surface area contributed by atoms with Crippen LogP contribution in [-0.2, 0) is 27.8 Å².